The highest BCUT2D eigenvalue weighted by atomic mass is 35.5. The van der Waals surface area contributed by atoms with E-state index >= 15 is 0 Å². The fraction of sp³-hybridized carbons (Fsp3) is 0.167. The van der Waals surface area contributed by atoms with Gasteiger partial charge in [-0.3, -0.25) is 4.79 Å². The smallest absolute Gasteiger partial charge is 0.266 e. The lowest BCUT2D eigenvalue weighted by Crippen LogP contribution is -2.14. The van der Waals surface area contributed by atoms with Gasteiger partial charge in [-0.05, 0) is 75.2 Å². The second-order valence-corrected chi connectivity index (χ2v) is 8.04. The van der Waals surface area contributed by atoms with E-state index in [0.717, 1.165) is 33.8 Å². The van der Waals surface area contributed by atoms with Crippen LogP contribution in [0.15, 0.2) is 48.0 Å². The van der Waals surface area contributed by atoms with Gasteiger partial charge in [0.15, 0.2) is 0 Å². The van der Waals surface area contributed by atoms with Crippen LogP contribution in [0.4, 0.5) is 5.69 Å². The number of nitrogens with zero attached hydrogens (tertiary/aromatic N) is 2. The van der Waals surface area contributed by atoms with E-state index in [-0.39, 0.29) is 5.57 Å². The highest BCUT2D eigenvalue weighted by Gasteiger charge is 2.16. The minimum atomic E-state index is -0.446. The Morgan fingerprint density at radius 3 is 2.43 bits per heavy atom. The zero-order valence-electron chi connectivity index (χ0n) is 17.2. The van der Waals surface area contributed by atoms with E-state index < -0.39 is 5.91 Å². The average molecular weight is 438 g/mol. The Labute approximate surface area is 186 Å². The predicted molar refractivity (Wildman–Crippen MR) is 123 cm³/mol. The molecule has 152 valence electrons. The van der Waals surface area contributed by atoms with Crippen LogP contribution < -0.4 is 5.32 Å². The van der Waals surface area contributed by atoms with Crippen LogP contribution in [0.25, 0.3) is 11.8 Å². The minimum Gasteiger partial charge on any atom is -0.321 e. The molecule has 0 aliphatic carbocycles. The average Bonchev–Trinajstić information content (AvgIpc) is 2.95. The van der Waals surface area contributed by atoms with E-state index in [2.05, 4.69) is 5.32 Å². The first kappa shape index (κ1) is 21.7. The Bertz CT molecular complexity index is 1220. The van der Waals surface area contributed by atoms with Crippen molar-refractivity contribution in [2.24, 2.45) is 0 Å². The predicted octanol–water partition coefficient (Wildman–Crippen LogP) is 6.56. The molecule has 3 rings (SSSR count). The van der Waals surface area contributed by atoms with Gasteiger partial charge in [0, 0.05) is 22.1 Å². The Balaban J connectivity index is 1.96. The molecule has 4 nitrogen and oxygen atoms in total. The number of halogens is 2. The molecule has 1 N–H and O–H groups in total. The molecule has 6 heteroatoms. The zero-order valence-corrected chi connectivity index (χ0v) is 18.7. The van der Waals surface area contributed by atoms with Crippen LogP contribution in [0.5, 0.6) is 0 Å². The van der Waals surface area contributed by atoms with Crippen molar-refractivity contribution in [1.82, 2.24) is 4.57 Å². The van der Waals surface area contributed by atoms with Crippen LogP contribution in [-0.2, 0) is 4.79 Å². The molecular formula is C24H21Cl2N3O. The summed E-state index contributed by atoms with van der Waals surface area (Å²) in [6.45, 7) is 7.77. The number of carbonyl (C=O) groups excluding carboxylic acids is 1. The lowest BCUT2D eigenvalue weighted by atomic mass is 10.1. The molecule has 30 heavy (non-hydrogen) atoms. The first-order valence-corrected chi connectivity index (χ1v) is 10.1. The van der Waals surface area contributed by atoms with E-state index in [1.807, 2.05) is 68.7 Å². The SMILES string of the molecule is Cc1ccc(NC(=O)/C(C#N)=C/c2cc(C)n(-c3ccc(Cl)cc3Cl)c2C)c(C)c1. The van der Waals surface area contributed by atoms with Crippen molar-refractivity contribution in [3.8, 4) is 11.8 Å². The van der Waals surface area contributed by atoms with Crippen LogP contribution in [-0.4, -0.2) is 10.5 Å². The van der Waals surface area contributed by atoms with Gasteiger partial charge in [-0.2, -0.15) is 5.26 Å². The van der Waals surface area contributed by atoms with Gasteiger partial charge in [-0.15, -0.1) is 0 Å². The molecular weight excluding hydrogens is 417 g/mol. The number of amides is 1. The molecule has 0 aliphatic rings. The quantitative estimate of drug-likeness (QED) is 0.370. The lowest BCUT2D eigenvalue weighted by molar-refractivity contribution is -0.112. The van der Waals surface area contributed by atoms with Crippen molar-refractivity contribution in [3.63, 3.8) is 0 Å². The Morgan fingerprint density at radius 1 is 1.07 bits per heavy atom. The second kappa shape index (κ2) is 8.79. The molecule has 2 aromatic carbocycles. The number of anilines is 1. The molecule has 0 saturated heterocycles. The van der Waals surface area contributed by atoms with Gasteiger partial charge >= 0.3 is 0 Å². The number of aromatic nitrogens is 1. The molecule has 0 spiro atoms. The summed E-state index contributed by atoms with van der Waals surface area (Å²) in [7, 11) is 0. The van der Waals surface area contributed by atoms with Crippen LogP contribution in [0, 0.1) is 39.0 Å². The highest BCUT2D eigenvalue weighted by molar-refractivity contribution is 6.35. The number of aryl methyl sites for hydroxylation is 3. The van der Waals surface area contributed by atoms with E-state index in [1.165, 1.54) is 0 Å². The molecule has 0 fully saturated rings. The van der Waals surface area contributed by atoms with Crippen LogP contribution in [0.1, 0.15) is 28.1 Å². The normalized spacial score (nSPS) is 11.3. The lowest BCUT2D eigenvalue weighted by Gasteiger charge is -2.12. The zero-order chi connectivity index (χ0) is 22.0. The minimum absolute atomic E-state index is 0.0254. The summed E-state index contributed by atoms with van der Waals surface area (Å²) in [5, 5.41) is 13.5. The fourth-order valence-electron chi connectivity index (χ4n) is 3.41. The number of nitrogens with one attached hydrogen (secondary N) is 1. The molecule has 0 aliphatic heterocycles. The van der Waals surface area contributed by atoms with Crippen molar-refractivity contribution >= 4 is 40.9 Å². The molecule has 1 amide bonds. The number of carbonyl (C=O) groups is 1. The number of benzene rings is 2. The summed E-state index contributed by atoms with van der Waals surface area (Å²) in [5.41, 5.74) is 6.10. The number of hydrogen-bond acceptors (Lipinski definition) is 2. The maximum Gasteiger partial charge on any atom is 0.266 e. The van der Waals surface area contributed by atoms with Crippen molar-refractivity contribution in [2.45, 2.75) is 27.7 Å². The molecule has 3 aromatic rings. The summed E-state index contributed by atoms with van der Waals surface area (Å²) < 4.78 is 1.97. The van der Waals surface area contributed by atoms with Gasteiger partial charge in [0.2, 0.25) is 0 Å². The number of rotatable bonds is 4. The van der Waals surface area contributed by atoms with E-state index in [4.69, 9.17) is 23.2 Å². The van der Waals surface area contributed by atoms with E-state index in [0.29, 0.717) is 15.7 Å². The Kier molecular flexibility index (Phi) is 6.36. The summed E-state index contributed by atoms with van der Waals surface area (Å²) in [5.74, 6) is -0.446. The van der Waals surface area contributed by atoms with Crippen molar-refractivity contribution in [2.75, 3.05) is 5.32 Å². The van der Waals surface area contributed by atoms with Gasteiger partial charge in [0.1, 0.15) is 11.6 Å². The van der Waals surface area contributed by atoms with Gasteiger partial charge in [0.25, 0.3) is 5.91 Å². The molecule has 1 aromatic heterocycles. The third-order valence-electron chi connectivity index (χ3n) is 4.92. The Hall–Kier alpha value is -3.00. The number of hydrogen-bond donors (Lipinski definition) is 1. The van der Waals surface area contributed by atoms with E-state index in [9.17, 15) is 10.1 Å². The third-order valence-corrected chi connectivity index (χ3v) is 5.45. The first-order valence-electron chi connectivity index (χ1n) is 9.36. The first-order chi connectivity index (χ1) is 14.2. The second-order valence-electron chi connectivity index (χ2n) is 7.20. The summed E-state index contributed by atoms with van der Waals surface area (Å²) in [6.07, 6.45) is 1.60. The molecule has 0 radical (unpaired) electrons. The van der Waals surface area contributed by atoms with Gasteiger partial charge in [-0.25, -0.2) is 0 Å². The maximum absolute atomic E-state index is 12.7. The van der Waals surface area contributed by atoms with Crippen molar-refractivity contribution in [1.29, 1.82) is 5.26 Å². The molecule has 1 heterocycles. The van der Waals surface area contributed by atoms with Crippen molar-refractivity contribution in [3.05, 3.63) is 86.2 Å². The number of nitriles is 1. The van der Waals surface area contributed by atoms with Crippen LogP contribution in [0.2, 0.25) is 10.0 Å². The van der Waals surface area contributed by atoms with E-state index in [1.54, 1.807) is 18.2 Å². The molecule has 0 unspecified atom stereocenters. The Morgan fingerprint density at radius 2 is 1.80 bits per heavy atom. The van der Waals surface area contributed by atoms with Gasteiger partial charge < -0.3 is 9.88 Å². The molecule has 0 saturated carbocycles. The van der Waals surface area contributed by atoms with Gasteiger partial charge in [-0.1, -0.05) is 40.9 Å². The largest absolute Gasteiger partial charge is 0.321 e. The fourth-order valence-corrected chi connectivity index (χ4v) is 3.91. The van der Waals surface area contributed by atoms with Gasteiger partial charge in [0.05, 0.1) is 10.7 Å². The van der Waals surface area contributed by atoms with Crippen LogP contribution in [0.3, 0.4) is 0 Å². The van der Waals surface area contributed by atoms with Crippen molar-refractivity contribution < 1.29 is 4.79 Å². The highest BCUT2D eigenvalue weighted by Crippen LogP contribution is 2.29. The van der Waals surface area contributed by atoms with Crippen LogP contribution >= 0.6 is 23.2 Å². The molecule has 0 bridgehead atoms. The standard InChI is InChI=1S/C24H21Cl2N3O/c1-14-5-7-22(15(2)9-14)28-24(30)19(13-27)11-18-10-16(3)29(17(18)4)23-8-6-20(25)12-21(23)26/h5-12H,1-4H3,(H,28,30)/b19-11+. The monoisotopic (exact) mass is 437 g/mol. The maximum atomic E-state index is 12.7. The topological polar surface area (TPSA) is 57.8 Å². The third kappa shape index (κ3) is 4.43. The summed E-state index contributed by atoms with van der Waals surface area (Å²) >= 11 is 12.4. The summed E-state index contributed by atoms with van der Waals surface area (Å²) in [6, 6.07) is 15.0. The summed E-state index contributed by atoms with van der Waals surface area (Å²) in [4.78, 5) is 12.7. The molecule has 0 atom stereocenters.